The van der Waals surface area contributed by atoms with Crippen LogP contribution in [0.3, 0.4) is 0 Å². The quantitative estimate of drug-likeness (QED) is 0.575. The van der Waals surface area contributed by atoms with E-state index in [4.69, 9.17) is 11.5 Å². The third-order valence-electron chi connectivity index (χ3n) is 4.15. The minimum Gasteiger partial charge on any atom is -0.369 e. The first kappa shape index (κ1) is 12.2. The van der Waals surface area contributed by atoms with E-state index in [2.05, 4.69) is 20.3 Å². The van der Waals surface area contributed by atoms with Gasteiger partial charge < -0.3 is 10.6 Å². The summed E-state index contributed by atoms with van der Waals surface area (Å²) in [6.45, 7) is 4.60. The predicted molar refractivity (Wildman–Crippen MR) is 70.0 cm³/mol. The molecular weight excluding hydrogens is 230 g/mol. The molecule has 0 saturated carbocycles. The van der Waals surface area contributed by atoms with Gasteiger partial charge in [0.1, 0.15) is 0 Å². The van der Waals surface area contributed by atoms with Gasteiger partial charge in [-0.3, -0.25) is 11.2 Å². The van der Waals surface area contributed by atoms with E-state index in [1.165, 1.54) is 38.8 Å². The van der Waals surface area contributed by atoms with Crippen molar-refractivity contribution in [2.24, 2.45) is 16.5 Å². The lowest BCUT2D eigenvalue weighted by Crippen LogP contribution is -2.59. The van der Waals surface area contributed by atoms with Crippen LogP contribution in [0.25, 0.3) is 0 Å². The predicted octanol–water partition coefficient (Wildman–Crippen LogP) is -1.16. The van der Waals surface area contributed by atoms with Gasteiger partial charge in [0, 0.05) is 19.1 Å². The van der Waals surface area contributed by atoms with E-state index in [1.54, 1.807) is 0 Å². The number of likely N-dealkylation sites (tertiary alicyclic amines) is 1. The van der Waals surface area contributed by atoms with Crippen LogP contribution in [-0.2, 0) is 0 Å². The molecule has 0 radical (unpaired) electrons. The van der Waals surface area contributed by atoms with Crippen molar-refractivity contribution in [1.29, 1.82) is 0 Å². The highest BCUT2D eigenvalue weighted by Crippen LogP contribution is 2.22. The lowest BCUT2D eigenvalue weighted by Gasteiger charge is -2.40. The zero-order valence-corrected chi connectivity index (χ0v) is 10.8. The Kier molecular flexibility index (Phi) is 3.38. The molecule has 0 aromatic heterocycles. The van der Waals surface area contributed by atoms with E-state index in [0.717, 1.165) is 19.1 Å². The van der Waals surface area contributed by atoms with Gasteiger partial charge in [0.25, 0.3) is 0 Å². The zero-order valence-electron chi connectivity index (χ0n) is 10.8. The summed E-state index contributed by atoms with van der Waals surface area (Å²) in [5.41, 5.74) is 14.5. The molecule has 7 nitrogen and oxygen atoms in total. The fraction of sp³-hybridized carbons (Fsp3) is 0.909. The maximum atomic E-state index is 5.90. The number of aliphatic imine (C=N–C) groups is 1. The van der Waals surface area contributed by atoms with Crippen molar-refractivity contribution in [1.82, 2.24) is 20.5 Å². The summed E-state index contributed by atoms with van der Waals surface area (Å²) < 4.78 is 0. The highest BCUT2D eigenvalue weighted by molar-refractivity contribution is 5.78. The Labute approximate surface area is 108 Å². The molecule has 3 rings (SSSR count). The smallest absolute Gasteiger partial charge is 0.207 e. The number of piperidine rings is 1. The van der Waals surface area contributed by atoms with Crippen molar-refractivity contribution in [3.05, 3.63) is 0 Å². The van der Waals surface area contributed by atoms with Crippen LogP contribution in [0.1, 0.15) is 25.7 Å². The molecule has 102 valence electrons. The number of nitrogens with one attached hydrogen (secondary N) is 1. The van der Waals surface area contributed by atoms with Crippen LogP contribution in [0, 0.1) is 0 Å². The Bertz CT molecular complexity index is 317. The zero-order chi connectivity index (χ0) is 12.5. The molecule has 0 aliphatic carbocycles. The Morgan fingerprint density at radius 1 is 1.11 bits per heavy atom. The average molecular weight is 253 g/mol. The number of rotatable bonds is 2. The SMILES string of the molecule is NC1=NC(N)N(N2CCC(N3CCCC3)CC2)N1. The van der Waals surface area contributed by atoms with Crippen molar-refractivity contribution in [3.8, 4) is 0 Å². The monoisotopic (exact) mass is 253 g/mol. The van der Waals surface area contributed by atoms with Gasteiger partial charge in [0.15, 0.2) is 6.29 Å². The van der Waals surface area contributed by atoms with E-state index < -0.39 is 0 Å². The molecular formula is C11H23N7. The number of guanidine groups is 1. The van der Waals surface area contributed by atoms with E-state index in [-0.39, 0.29) is 6.29 Å². The third-order valence-corrected chi connectivity index (χ3v) is 4.15. The average Bonchev–Trinajstić information content (AvgIpc) is 2.99. The summed E-state index contributed by atoms with van der Waals surface area (Å²) >= 11 is 0. The van der Waals surface area contributed by atoms with Gasteiger partial charge >= 0.3 is 0 Å². The lowest BCUT2D eigenvalue weighted by molar-refractivity contribution is -0.0933. The van der Waals surface area contributed by atoms with Crippen LogP contribution in [-0.4, -0.2) is 59.5 Å². The Hall–Kier alpha value is -0.890. The van der Waals surface area contributed by atoms with Crippen molar-refractivity contribution in [2.45, 2.75) is 38.0 Å². The molecule has 1 atom stereocenters. The first-order chi connectivity index (χ1) is 8.74. The summed E-state index contributed by atoms with van der Waals surface area (Å²) in [4.78, 5) is 6.72. The molecule has 0 amide bonds. The molecule has 2 saturated heterocycles. The highest BCUT2D eigenvalue weighted by Gasteiger charge is 2.32. The summed E-state index contributed by atoms with van der Waals surface area (Å²) in [6, 6.07) is 0.751. The van der Waals surface area contributed by atoms with E-state index in [9.17, 15) is 0 Å². The van der Waals surface area contributed by atoms with Crippen molar-refractivity contribution in [3.63, 3.8) is 0 Å². The maximum absolute atomic E-state index is 5.90. The summed E-state index contributed by atoms with van der Waals surface area (Å²) in [6.07, 6.45) is 4.75. The van der Waals surface area contributed by atoms with Crippen LogP contribution in [0.2, 0.25) is 0 Å². The molecule has 2 fully saturated rings. The van der Waals surface area contributed by atoms with Gasteiger partial charge in [-0.25, -0.2) is 10.0 Å². The van der Waals surface area contributed by atoms with Crippen LogP contribution >= 0.6 is 0 Å². The number of hydrogen-bond donors (Lipinski definition) is 3. The standard InChI is InChI=1S/C11H23N7/c12-10-14-11(13)18(15-10)17-7-3-9(4-8-17)16-5-1-2-6-16/h9,11H,1-8,13H2,(H3,12,14,15). The van der Waals surface area contributed by atoms with Gasteiger partial charge in [0.05, 0.1) is 0 Å². The molecule has 3 aliphatic rings. The maximum Gasteiger partial charge on any atom is 0.207 e. The molecule has 7 heteroatoms. The Balaban J connectivity index is 1.51. The summed E-state index contributed by atoms with van der Waals surface area (Å²) in [5.74, 6) is 0.407. The minimum atomic E-state index is -0.381. The Morgan fingerprint density at radius 3 is 2.33 bits per heavy atom. The van der Waals surface area contributed by atoms with Crippen molar-refractivity contribution < 1.29 is 0 Å². The number of hydrazine groups is 2. The van der Waals surface area contributed by atoms with Gasteiger partial charge in [0.2, 0.25) is 5.96 Å². The molecule has 1 unspecified atom stereocenters. The van der Waals surface area contributed by atoms with Gasteiger partial charge in [-0.15, -0.1) is 5.12 Å². The fourth-order valence-corrected chi connectivity index (χ4v) is 3.19. The van der Waals surface area contributed by atoms with Crippen LogP contribution in [0.5, 0.6) is 0 Å². The molecule has 18 heavy (non-hydrogen) atoms. The molecule has 0 bridgehead atoms. The molecule has 0 aromatic carbocycles. The minimum absolute atomic E-state index is 0.381. The molecule has 0 aromatic rings. The number of nitrogens with zero attached hydrogens (tertiary/aromatic N) is 4. The van der Waals surface area contributed by atoms with E-state index >= 15 is 0 Å². The first-order valence-electron chi connectivity index (χ1n) is 6.88. The molecule has 3 heterocycles. The largest absolute Gasteiger partial charge is 0.369 e. The van der Waals surface area contributed by atoms with Crippen LogP contribution < -0.4 is 16.9 Å². The molecule has 5 N–H and O–H groups in total. The summed E-state index contributed by atoms with van der Waals surface area (Å²) in [5, 5.41) is 4.08. The van der Waals surface area contributed by atoms with Crippen molar-refractivity contribution in [2.75, 3.05) is 26.2 Å². The Morgan fingerprint density at radius 2 is 1.78 bits per heavy atom. The van der Waals surface area contributed by atoms with Gasteiger partial charge in [-0.2, -0.15) is 0 Å². The van der Waals surface area contributed by atoms with Gasteiger partial charge in [-0.05, 0) is 38.8 Å². The van der Waals surface area contributed by atoms with E-state index in [1.807, 2.05) is 5.12 Å². The topological polar surface area (TPSA) is 86.1 Å². The van der Waals surface area contributed by atoms with Crippen LogP contribution in [0.4, 0.5) is 0 Å². The van der Waals surface area contributed by atoms with Crippen LogP contribution in [0.15, 0.2) is 4.99 Å². The second-order valence-electron chi connectivity index (χ2n) is 5.31. The number of hydrogen-bond acceptors (Lipinski definition) is 7. The second-order valence-corrected chi connectivity index (χ2v) is 5.31. The molecule has 3 aliphatic heterocycles. The van der Waals surface area contributed by atoms with Gasteiger partial charge in [-0.1, -0.05) is 0 Å². The first-order valence-corrected chi connectivity index (χ1v) is 6.88. The third kappa shape index (κ3) is 2.31. The molecule has 0 spiro atoms. The van der Waals surface area contributed by atoms with Crippen molar-refractivity contribution >= 4 is 5.96 Å². The van der Waals surface area contributed by atoms with E-state index in [0.29, 0.717) is 5.96 Å². The number of nitrogens with two attached hydrogens (primary N) is 2. The fourth-order valence-electron chi connectivity index (χ4n) is 3.19. The summed E-state index contributed by atoms with van der Waals surface area (Å²) in [7, 11) is 0. The highest BCUT2D eigenvalue weighted by atomic mass is 15.9. The second kappa shape index (κ2) is 5.00. The lowest BCUT2D eigenvalue weighted by atomic mass is 10.0. The normalized spacial score (nSPS) is 32.7.